The van der Waals surface area contributed by atoms with Crippen molar-refractivity contribution in [3.05, 3.63) is 0 Å². The van der Waals surface area contributed by atoms with Crippen molar-refractivity contribution in [2.75, 3.05) is 27.2 Å². The van der Waals surface area contributed by atoms with Crippen LogP contribution in [0.4, 0.5) is 0 Å². The van der Waals surface area contributed by atoms with Gasteiger partial charge in [-0.1, -0.05) is 13.8 Å². The highest BCUT2D eigenvalue weighted by Crippen LogP contribution is 2.36. The van der Waals surface area contributed by atoms with Gasteiger partial charge in [-0.05, 0) is 59.0 Å². The summed E-state index contributed by atoms with van der Waals surface area (Å²) in [6, 6.07) is 0.574. The van der Waals surface area contributed by atoms with Crippen LogP contribution in [0.1, 0.15) is 53.4 Å². The molecule has 0 bridgehead atoms. The first-order chi connectivity index (χ1) is 9.24. The van der Waals surface area contributed by atoms with Crippen LogP contribution in [0.2, 0.25) is 0 Å². The lowest BCUT2D eigenvalue weighted by Crippen LogP contribution is -2.57. The first-order valence-corrected chi connectivity index (χ1v) is 7.80. The molecule has 20 heavy (non-hydrogen) atoms. The molecule has 0 spiro atoms. The standard InChI is InChI=1S/C16H32N2O2/c1-7-20-14(19)16(4,17-5)12-18(6)13-8-10-15(2,3)11-9-13/h13,17H,7-12H2,1-6H3. The number of nitrogens with one attached hydrogen (secondary N) is 1. The molecule has 1 N–H and O–H groups in total. The maximum atomic E-state index is 12.1. The molecule has 4 heteroatoms. The molecule has 1 saturated carbocycles. The van der Waals surface area contributed by atoms with E-state index in [4.69, 9.17) is 4.74 Å². The van der Waals surface area contributed by atoms with E-state index in [2.05, 4.69) is 31.1 Å². The van der Waals surface area contributed by atoms with Crippen molar-refractivity contribution >= 4 is 5.97 Å². The van der Waals surface area contributed by atoms with E-state index in [9.17, 15) is 4.79 Å². The van der Waals surface area contributed by atoms with Crippen molar-refractivity contribution < 1.29 is 9.53 Å². The fraction of sp³-hybridized carbons (Fsp3) is 0.938. The van der Waals surface area contributed by atoms with E-state index >= 15 is 0 Å². The average Bonchev–Trinajstić information content (AvgIpc) is 2.38. The van der Waals surface area contributed by atoms with E-state index in [1.807, 2.05) is 20.9 Å². The first-order valence-electron chi connectivity index (χ1n) is 7.80. The summed E-state index contributed by atoms with van der Waals surface area (Å²) in [6.45, 7) is 9.58. The fourth-order valence-corrected chi connectivity index (χ4v) is 2.99. The van der Waals surface area contributed by atoms with Gasteiger partial charge in [-0.25, -0.2) is 0 Å². The summed E-state index contributed by atoms with van der Waals surface area (Å²) in [4.78, 5) is 14.4. The topological polar surface area (TPSA) is 41.6 Å². The number of rotatable bonds is 6. The van der Waals surface area contributed by atoms with Gasteiger partial charge in [0, 0.05) is 12.6 Å². The Balaban J connectivity index is 2.59. The minimum absolute atomic E-state index is 0.162. The zero-order valence-electron chi connectivity index (χ0n) is 14.1. The van der Waals surface area contributed by atoms with Crippen LogP contribution >= 0.6 is 0 Å². The van der Waals surface area contributed by atoms with Crippen molar-refractivity contribution in [2.24, 2.45) is 5.41 Å². The molecule has 0 radical (unpaired) electrons. The number of ether oxygens (including phenoxy) is 1. The predicted molar refractivity (Wildman–Crippen MR) is 82.8 cm³/mol. The summed E-state index contributed by atoms with van der Waals surface area (Å²) < 4.78 is 5.19. The third-order valence-corrected chi connectivity index (χ3v) is 4.78. The SMILES string of the molecule is CCOC(=O)C(C)(CN(C)C1CCC(C)(C)CC1)NC. The van der Waals surface area contributed by atoms with Crippen LogP contribution in [0.15, 0.2) is 0 Å². The molecule has 1 aliphatic carbocycles. The van der Waals surface area contributed by atoms with Gasteiger partial charge in [-0.15, -0.1) is 0 Å². The van der Waals surface area contributed by atoms with Gasteiger partial charge in [0.15, 0.2) is 0 Å². The fourth-order valence-electron chi connectivity index (χ4n) is 2.99. The van der Waals surface area contributed by atoms with Gasteiger partial charge in [0.1, 0.15) is 5.54 Å². The van der Waals surface area contributed by atoms with Gasteiger partial charge in [-0.2, -0.15) is 0 Å². The van der Waals surface area contributed by atoms with Crippen LogP contribution in [-0.2, 0) is 9.53 Å². The molecule has 0 heterocycles. The molecule has 0 aliphatic heterocycles. The van der Waals surface area contributed by atoms with Gasteiger partial charge in [-0.3, -0.25) is 4.79 Å². The molecule has 118 valence electrons. The molecule has 0 aromatic carbocycles. The Morgan fingerprint density at radius 3 is 2.40 bits per heavy atom. The molecule has 0 amide bonds. The van der Waals surface area contributed by atoms with E-state index in [0.29, 0.717) is 24.6 Å². The summed E-state index contributed by atoms with van der Waals surface area (Å²) in [5.74, 6) is -0.162. The molecule has 0 aromatic rings. The van der Waals surface area contributed by atoms with E-state index in [1.54, 1.807) is 0 Å². The van der Waals surface area contributed by atoms with Crippen LogP contribution < -0.4 is 5.32 Å². The van der Waals surface area contributed by atoms with Crippen molar-refractivity contribution in [3.63, 3.8) is 0 Å². The van der Waals surface area contributed by atoms with Crippen LogP contribution in [-0.4, -0.2) is 49.7 Å². The predicted octanol–water partition coefficient (Wildman–Crippen LogP) is 2.43. The highest BCUT2D eigenvalue weighted by molar-refractivity contribution is 5.80. The Morgan fingerprint density at radius 2 is 1.95 bits per heavy atom. The summed E-state index contributed by atoms with van der Waals surface area (Å²) in [5, 5.41) is 3.13. The van der Waals surface area contributed by atoms with Crippen molar-refractivity contribution in [2.45, 2.75) is 65.0 Å². The van der Waals surface area contributed by atoms with Crippen LogP contribution in [0, 0.1) is 5.41 Å². The second-order valence-electron chi connectivity index (χ2n) is 7.11. The summed E-state index contributed by atoms with van der Waals surface area (Å²) >= 11 is 0. The number of hydrogen-bond acceptors (Lipinski definition) is 4. The summed E-state index contributed by atoms with van der Waals surface area (Å²) in [6.07, 6.45) is 4.95. The quantitative estimate of drug-likeness (QED) is 0.761. The number of likely N-dealkylation sites (N-methyl/N-ethyl adjacent to an activating group) is 2. The highest BCUT2D eigenvalue weighted by atomic mass is 16.5. The largest absolute Gasteiger partial charge is 0.465 e. The van der Waals surface area contributed by atoms with E-state index in [-0.39, 0.29) is 5.97 Å². The molecule has 1 fully saturated rings. The third kappa shape index (κ3) is 4.45. The minimum Gasteiger partial charge on any atom is -0.465 e. The van der Waals surface area contributed by atoms with Gasteiger partial charge in [0.25, 0.3) is 0 Å². The molecular weight excluding hydrogens is 252 g/mol. The van der Waals surface area contributed by atoms with E-state index < -0.39 is 5.54 Å². The van der Waals surface area contributed by atoms with Gasteiger partial charge >= 0.3 is 5.97 Å². The summed E-state index contributed by atoms with van der Waals surface area (Å²) in [7, 11) is 3.95. The number of hydrogen-bond donors (Lipinski definition) is 1. The number of nitrogens with zero attached hydrogens (tertiary/aromatic N) is 1. The molecule has 1 rings (SSSR count). The lowest BCUT2D eigenvalue weighted by Gasteiger charge is -2.41. The molecule has 1 aliphatic rings. The molecule has 1 unspecified atom stereocenters. The Morgan fingerprint density at radius 1 is 1.40 bits per heavy atom. The van der Waals surface area contributed by atoms with Crippen molar-refractivity contribution in [1.29, 1.82) is 0 Å². The highest BCUT2D eigenvalue weighted by Gasteiger charge is 2.37. The maximum Gasteiger partial charge on any atom is 0.327 e. The monoisotopic (exact) mass is 284 g/mol. The van der Waals surface area contributed by atoms with E-state index in [1.165, 1.54) is 25.7 Å². The van der Waals surface area contributed by atoms with Crippen molar-refractivity contribution in [3.8, 4) is 0 Å². The smallest absolute Gasteiger partial charge is 0.327 e. The average molecular weight is 284 g/mol. The molecule has 0 aromatic heterocycles. The third-order valence-electron chi connectivity index (χ3n) is 4.78. The number of carbonyl (C=O) groups excluding carboxylic acids is 1. The first kappa shape index (κ1) is 17.4. The Hall–Kier alpha value is -0.610. The van der Waals surface area contributed by atoms with Crippen LogP contribution in [0.3, 0.4) is 0 Å². The molecule has 1 atom stereocenters. The molecule has 0 saturated heterocycles. The zero-order valence-corrected chi connectivity index (χ0v) is 14.1. The van der Waals surface area contributed by atoms with Gasteiger partial charge in [0.05, 0.1) is 6.61 Å². The van der Waals surface area contributed by atoms with Crippen molar-refractivity contribution in [1.82, 2.24) is 10.2 Å². The second kappa shape index (κ2) is 6.90. The maximum absolute atomic E-state index is 12.1. The van der Waals surface area contributed by atoms with Crippen LogP contribution in [0.25, 0.3) is 0 Å². The lowest BCUT2D eigenvalue weighted by atomic mass is 9.75. The van der Waals surface area contributed by atoms with Gasteiger partial charge in [0.2, 0.25) is 0 Å². The summed E-state index contributed by atoms with van der Waals surface area (Å²) in [5.41, 5.74) is -0.150. The zero-order chi connectivity index (χ0) is 15.4. The Labute approximate surface area is 124 Å². The van der Waals surface area contributed by atoms with Gasteiger partial charge < -0.3 is 15.0 Å². The lowest BCUT2D eigenvalue weighted by molar-refractivity contribution is -0.151. The Bertz CT molecular complexity index is 320. The number of esters is 1. The molecule has 4 nitrogen and oxygen atoms in total. The minimum atomic E-state index is -0.627. The Kier molecular flexibility index (Phi) is 6.02. The molecular formula is C16H32N2O2. The van der Waals surface area contributed by atoms with Crippen LogP contribution in [0.5, 0.6) is 0 Å². The van der Waals surface area contributed by atoms with E-state index in [0.717, 1.165) is 0 Å². The number of carbonyl (C=O) groups is 1. The second-order valence-corrected chi connectivity index (χ2v) is 7.11. The normalized spacial score (nSPS) is 22.6.